The highest BCUT2D eigenvalue weighted by molar-refractivity contribution is 5.84. The number of ether oxygens (including phenoxy) is 2. The number of alkyl carbamates (subject to hydrolysis) is 2. The van der Waals surface area contributed by atoms with Crippen LogP contribution < -0.4 is 10.6 Å². The molecule has 11 heteroatoms. The summed E-state index contributed by atoms with van der Waals surface area (Å²) in [6.45, 7) is 13.3. The van der Waals surface area contributed by atoms with Gasteiger partial charge in [0.05, 0.1) is 7.11 Å². The summed E-state index contributed by atoms with van der Waals surface area (Å²) in [6.07, 6.45) is -1.35. The molecule has 0 heterocycles. The number of likely N-dealkylation sites (N-methyl/N-ethyl adjacent to an activating group) is 1. The Bertz CT molecular complexity index is 566. The van der Waals surface area contributed by atoms with Crippen molar-refractivity contribution in [3.8, 4) is 0 Å². The fraction of sp³-hybridized carbons (Fsp3) is 0.778. The minimum Gasteiger partial charge on any atom is -0.480 e. The van der Waals surface area contributed by atoms with Crippen LogP contribution in [0, 0.1) is 0 Å². The van der Waals surface area contributed by atoms with E-state index in [4.69, 9.17) is 19.4 Å². The van der Waals surface area contributed by atoms with E-state index in [9.17, 15) is 19.2 Å². The lowest BCUT2D eigenvalue weighted by Gasteiger charge is -2.23. The minimum absolute atomic E-state index is 0.353. The van der Waals surface area contributed by atoms with Crippen molar-refractivity contribution < 1.29 is 38.6 Å². The van der Waals surface area contributed by atoms with Crippen molar-refractivity contribution in [2.45, 2.75) is 78.7 Å². The van der Waals surface area contributed by atoms with Crippen LogP contribution in [-0.2, 0) is 23.9 Å². The molecule has 0 aliphatic rings. The average Bonchev–Trinajstić information content (AvgIpc) is 2.49. The summed E-state index contributed by atoms with van der Waals surface area (Å²) < 4.78 is 9.86. The molecule has 0 aromatic carbocycles. The summed E-state index contributed by atoms with van der Waals surface area (Å²) in [5.74, 6) is -1.45. The first-order valence-electron chi connectivity index (χ1n) is 8.93. The van der Waals surface area contributed by atoms with Crippen LogP contribution >= 0.6 is 0 Å². The number of rotatable bonds is 5. The summed E-state index contributed by atoms with van der Waals surface area (Å²) in [6, 6.07) is -1.63. The topological polar surface area (TPSA) is 144 Å². The fourth-order valence-electron chi connectivity index (χ4n) is 1.45. The van der Waals surface area contributed by atoms with E-state index in [-0.39, 0.29) is 5.91 Å². The maximum atomic E-state index is 11.5. The predicted octanol–water partition coefficient (Wildman–Crippen LogP) is 1.90. The number of carbonyl (C=O) groups is 4. The number of hydroxylamine groups is 2. The first kappa shape index (κ1) is 28.6. The highest BCUT2D eigenvalue weighted by Crippen LogP contribution is 2.07. The smallest absolute Gasteiger partial charge is 0.408 e. The summed E-state index contributed by atoms with van der Waals surface area (Å²) in [7, 11) is 2.84. The molecule has 0 spiro atoms. The number of carboxylic acids is 1. The Balaban J connectivity index is 0. The standard InChI is InChI=1S/C10H20N2O4.C8H15NO4/c1-7(8(13)12(5)15-6)11-9(14)16-10(2,3)4;1-5(6(10)11)9-7(12)13-8(2,3)4/h7H,1-6H3,(H,11,14);5H,1-4H3,(H,9,12)(H,10,11)/t7-;5-/m00/s1. The number of nitrogens with zero attached hydrogens (tertiary/aromatic N) is 1. The number of carboxylic acid groups (broad SMARTS) is 1. The SMILES string of the molecule is CON(C)C(=O)[C@H](C)NC(=O)OC(C)(C)C.C[C@H](NC(=O)OC(C)(C)C)C(=O)O. The number of nitrogens with one attached hydrogen (secondary N) is 2. The molecular formula is C18H35N3O8. The molecule has 0 fully saturated rings. The average molecular weight is 421 g/mol. The lowest BCUT2D eigenvalue weighted by atomic mass is 10.2. The van der Waals surface area contributed by atoms with Gasteiger partial charge in [-0.05, 0) is 55.4 Å². The van der Waals surface area contributed by atoms with Gasteiger partial charge >= 0.3 is 18.2 Å². The van der Waals surface area contributed by atoms with Crippen LogP contribution in [0.2, 0.25) is 0 Å². The van der Waals surface area contributed by atoms with Gasteiger partial charge in [0.25, 0.3) is 5.91 Å². The molecule has 0 aromatic rings. The number of amides is 3. The second-order valence-electron chi connectivity index (χ2n) is 8.09. The van der Waals surface area contributed by atoms with E-state index in [1.807, 2.05) is 0 Å². The van der Waals surface area contributed by atoms with Crippen LogP contribution in [0.1, 0.15) is 55.4 Å². The predicted molar refractivity (Wildman–Crippen MR) is 105 cm³/mol. The van der Waals surface area contributed by atoms with Gasteiger partial charge in [-0.3, -0.25) is 14.4 Å². The van der Waals surface area contributed by atoms with E-state index >= 15 is 0 Å². The number of aliphatic carboxylic acids is 1. The highest BCUT2D eigenvalue weighted by Gasteiger charge is 2.23. The van der Waals surface area contributed by atoms with Crippen LogP contribution in [0.15, 0.2) is 0 Å². The van der Waals surface area contributed by atoms with Crippen LogP contribution in [0.5, 0.6) is 0 Å². The molecule has 0 saturated carbocycles. The molecule has 0 radical (unpaired) electrons. The zero-order chi connectivity index (χ0) is 23.6. The molecule has 0 rings (SSSR count). The van der Waals surface area contributed by atoms with Crippen LogP contribution in [0.25, 0.3) is 0 Å². The quantitative estimate of drug-likeness (QED) is 0.571. The molecule has 170 valence electrons. The summed E-state index contributed by atoms with van der Waals surface area (Å²) >= 11 is 0. The van der Waals surface area contributed by atoms with Gasteiger partial charge in [0, 0.05) is 7.05 Å². The van der Waals surface area contributed by atoms with E-state index in [1.54, 1.807) is 48.5 Å². The van der Waals surface area contributed by atoms with E-state index in [2.05, 4.69) is 10.6 Å². The third-order valence-corrected chi connectivity index (χ3v) is 2.79. The second-order valence-corrected chi connectivity index (χ2v) is 8.09. The van der Waals surface area contributed by atoms with Crippen molar-refractivity contribution >= 4 is 24.1 Å². The van der Waals surface area contributed by atoms with Gasteiger partial charge in [-0.15, -0.1) is 0 Å². The monoisotopic (exact) mass is 421 g/mol. The van der Waals surface area contributed by atoms with Crippen molar-refractivity contribution in [3.63, 3.8) is 0 Å². The molecule has 29 heavy (non-hydrogen) atoms. The third-order valence-electron chi connectivity index (χ3n) is 2.79. The van der Waals surface area contributed by atoms with Crippen LogP contribution in [0.3, 0.4) is 0 Å². The summed E-state index contributed by atoms with van der Waals surface area (Å²) in [4.78, 5) is 48.9. The molecule has 0 bridgehead atoms. The molecule has 0 aliphatic heterocycles. The highest BCUT2D eigenvalue weighted by atomic mass is 16.7. The summed E-state index contributed by atoms with van der Waals surface area (Å²) in [5.41, 5.74) is -1.19. The Labute approximate surface area is 172 Å². The number of hydrogen-bond acceptors (Lipinski definition) is 7. The Morgan fingerprint density at radius 3 is 1.45 bits per heavy atom. The maximum Gasteiger partial charge on any atom is 0.408 e. The molecule has 3 N–H and O–H groups in total. The first-order valence-corrected chi connectivity index (χ1v) is 8.93. The molecule has 0 unspecified atom stereocenters. The first-order chi connectivity index (χ1) is 12.9. The van der Waals surface area contributed by atoms with Crippen LogP contribution in [0.4, 0.5) is 9.59 Å². The van der Waals surface area contributed by atoms with Crippen molar-refractivity contribution in [2.24, 2.45) is 0 Å². The van der Waals surface area contributed by atoms with Gasteiger partial charge < -0.3 is 25.2 Å². The Kier molecular flexibility index (Phi) is 12.0. The molecular weight excluding hydrogens is 386 g/mol. The zero-order valence-corrected chi connectivity index (χ0v) is 18.9. The second kappa shape index (κ2) is 12.1. The molecule has 3 amide bonds. The third kappa shape index (κ3) is 16.1. The lowest BCUT2D eigenvalue weighted by molar-refractivity contribution is -0.170. The van der Waals surface area contributed by atoms with Crippen molar-refractivity contribution in [1.29, 1.82) is 0 Å². The van der Waals surface area contributed by atoms with E-state index in [0.717, 1.165) is 5.06 Å². The number of hydrogen-bond donors (Lipinski definition) is 3. The minimum atomic E-state index is -1.09. The molecule has 11 nitrogen and oxygen atoms in total. The lowest BCUT2D eigenvalue weighted by Crippen LogP contribution is -2.46. The van der Waals surface area contributed by atoms with Gasteiger partial charge in [-0.25, -0.2) is 14.7 Å². The van der Waals surface area contributed by atoms with Crippen LogP contribution in [-0.4, -0.2) is 71.7 Å². The van der Waals surface area contributed by atoms with Gasteiger partial charge in [0.2, 0.25) is 0 Å². The normalized spacial score (nSPS) is 13.0. The Hall–Kier alpha value is -2.56. The van der Waals surface area contributed by atoms with E-state index in [1.165, 1.54) is 21.1 Å². The zero-order valence-electron chi connectivity index (χ0n) is 18.9. The fourth-order valence-corrected chi connectivity index (χ4v) is 1.45. The number of carbonyl (C=O) groups excluding carboxylic acids is 3. The van der Waals surface area contributed by atoms with Crippen molar-refractivity contribution in [3.05, 3.63) is 0 Å². The van der Waals surface area contributed by atoms with Crippen molar-refractivity contribution in [2.75, 3.05) is 14.2 Å². The van der Waals surface area contributed by atoms with Crippen molar-refractivity contribution in [1.82, 2.24) is 15.7 Å². The maximum absolute atomic E-state index is 11.5. The van der Waals surface area contributed by atoms with Gasteiger partial charge in [0.15, 0.2) is 0 Å². The molecule has 2 atom stereocenters. The van der Waals surface area contributed by atoms with Gasteiger partial charge in [-0.1, -0.05) is 0 Å². The molecule has 0 aromatic heterocycles. The van der Waals surface area contributed by atoms with E-state index < -0.39 is 41.4 Å². The Morgan fingerprint density at radius 2 is 1.17 bits per heavy atom. The molecule has 0 aliphatic carbocycles. The molecule has 0 saturated heterocycles. The Morgan fingerprint density at radius 1 is 0.828 bits per heavy atom. The largest absolute Gasteiger partial charge is 0.480 e. The van der Waals surface area contributed by atoms with Gasteiger partial charge in [0.1, 0.15) is 23.3 Å². The summed E-state index contributed by atoms with van der Waals surface area (Å²) in [5, 5.41) is 14.1. The van der Waals surface area contributed by atoms with Gasteiger partial charge in [-0.2, -0.15) is 0 Å². The van der Waals surface area contributed by atoms with E-state index in [0.29, 0.717) is 0 Å².